The Morgan fingerprint density at radius 1 is 1.37 bits per heavy atom. The van der Waals surface area contributed by atoms with Crippen molar-refractivity contribution in [1.29, 1.82) is 0 Å². The van der Waals surface area contributed by atoms with Gasteiger partial charge in [0, 0.05) is 12.6 Å². The highest BCUT2D eigenvalue weighted by molar-refractivity contribution is 5.36. The Hall–Kier alpha value is -0.860. The van der Waals surface area contributed by atoms with E-state index in [1.54, 1.807) is 0 Å². The van der Waals surface area contributed by atoms with Crippen LogP contribution in [0.15, 0.2) is 24.3 Å². The Kier molecular flexibility index (Phi) is 4.64. The van der Waals surface area contributed by atoms with Gasteiger partial charge in [-0.1, -0.05) is 37.6 Å². The summed E-state index contributed by atoms with van der Waals surface area (Å²) in [5, 5.41) is 0. The second-order valence-corrected chi connectivity index (χ2v) is 6.00. The van der Waals surface area contributed by atoms with Crippen LogP contribution in [0.2, 0.25) is 0 Å². The van der Waals surface area contributed by atoms with Crippen LogP contribution in [0.25, 0.3) is 0 Å². The van der Waals surface area contributed by atoms with Crippen LogP contribution in [0.3, 0.4) is 0 Å². The first-order valence-corrected chi connectivity index (χ1v) is 7.67. The van der Waals surface area contributed by atoms with Gasteiger partial charge in [0.15, 0.2) is 0 Å². The molecule has 0 saturated heterocycles. The van der Waals surface area contributed by atoms with Gasteiger partial charge in [0.05, 0.1) is 5.54 Å². The molecule has 0 aromatic heterocycles. The first-order valence-electron chi connectivity index (χ1n) is 7.67. The number of benzene rings is 1. The maximum Gasteiger partial charge on any atom is 0.0586 e. The molecule has 2 nitrogen and oxygen atoms in total. The summed E-state index contributed by atoms with van der Waals surface area (Å²) in [6.07, 6.45) is 6.10. The third kappa shape index (κ3) is 2.56. The van der Waals surface area contributed by atoms with Crippen molar-refractivity contribution in [2.75, 3.05) is 13.6 Å². The Labute approximate surface area is 118 Å². The Morgan fingerprint density at radius 2 is 2.11 bits per heavy atom. The molecular weight excluding hydrogens is 232 g/mol. The van der Waals surface area contributed by atoms with Crippen LogP contribution in [-0.2, 0) is 12.0 Å². The molecule has 0 saturated carbocycles. The number of likely N-dealkylation sites (N-methyl/N-ethyl adjacent to an activating group) is 1. The SMILES string of the molecule is CCCC(C)N(C)C1(CN)CCCc2ccccc21. The highest BCUT2D eigenvalue weighted by atomic mass is 15.2. The zero-order valence-corrected chi connectivity index (χ0v) is 12.7. The summed E-state index contributed by atoms with van der Waals surface area (Å²) in [4.78, 5) is 2.54. The van der Waals surface area contributed by atoms with E-state index in [0.29, 0.717) is 12.6 Å². The topological polar surface area (TPSA) is 29.3 Å². The Balaban J connectivity index is 2.38. The summed E-state index contributed by atoms with van der Waals surface area (Å²) in [5.74, 6) is 0. The predicted octanol–water partition coefficient (Wildman–Crippen LogP) is 3.30. The van der Waals surface area contributed by atoms with Crippen molar-refractivity contribution in [3.63, 3.8) is 0 Å². The van der Waals surface area contributed by atoms with E-state index in [1.165, 1.54) is 43.2 Å². The van der Waals surface area contributed by atoms with Crippen molar-refractivity contribution >= 4 is 0 Å². The molecule has 1 aromatic carbocycles. The molecule has 106 valence electrons. The molecule has 2 unspecified atom stereocenters. The highest BCUT2D eigenvalue weighted by Gasteiger charge is 2.40. The van der Waals surface area contributed by atoms with E-state index in [2.05, 4.69) is 50.1 Å². The average molecular weight is 260 g/mol. The lowest BCUT2D eigenvalue weighted by Gasteiger charge is -2.48. The fraction of sp³-hybridized carbons (Fsp3) is 0.647. The van der Waals surface area contributed by atoms with Gasteiger partial charge in [-0.05, 0) is 50.8 Å². The number of nitrogens with zero attached hydrogens (tertiary/aromatic N) is 1. The molecule has 2 heteroatoms. The molecular formula is C17H28N2. The van der Waals surface area contributed by atoms with Gasteiger partial charge in [-0.2, -0.15) is 0 Å². The van der Waals surface area contributed by atoms with Crippen LogP contribution in [0.1, 0.15) is 50.7 Å². The normalized spacial score (nSPS) is 24.3. The predicted molar refractivity (Wildman–Crippen MR) is 82.2 cm³/mol. The Morgan fingerprint density at radius 3 is 2.79 bits per heavy atom. The fourth-order valence-corrected chi connectivity index (χ4v) is 3.65. The van der Waals surface area contributed by atoms with Crippen LogP contribution in [0.5, 0.6) is 0 Å². The summed E-state index contributed by atoms with van der Waals surface area (Å²) >= 11 is 0. The van der Waals surface area contributed by atoms with Gasteiger partial charge < -0.3 is 5.73 Å². The first-order chi connectivity index (χ1) is 9.15. The van der Waals surface area contributed by atoms with Crippen molar-refractivity contribution in [3.8, 4) is 0 Å². The van der Waals surface area contributed by atoms with E-state index < -0.39 is 0 Å². The largest absolute Gasteiger partial charge is 0.328 e. The summed E-state index contributed by atoms with van der Waals surface area (Å²) in [5.41, 5.74) is 9.25. The van der Waals surface area contributed by atoms with Gasteiger partial charge in [0.25, 0.3) is 0 Å². The molecule has 1 aliphatic carbocycles. The van der Waals surface area contributed by atoms with E-state index in [0.717, 1.165) is 0 Å². The minimum atomic E-state index is 0.0451. The van der Waals surface area contributed by atoms with Gasteiger partial charge in [-0.25, -0.2) is 0 Å². The van der Waals surface area contributed by atoms with Gasteiger partial charge in [-0.3, -0.25) is 4.90 Å². The molecule has 0 heterocycles. The van der Waals surface area contributed by atoms with Crippen LogP contribution >= 0.6 is 0 Å². The quantitative estimate of drug-likeness (QED) is 0.880. The summed E-state index contributed by atoms with van der Waals surface area (Å²) in [6, 6.07) is 9.46. The average Bonchev–Trinajstić information content (AvgIpc) is 2.46. The van der Waals surface area contributed by atoms with Crippen LogP contribution in [0, 0.1) is 0 Å². The third-order valence-electron chi connectivity index (χ3n) is 4.94. The van der Waals surface area contributed by atoms with Crippen LogP contribution in [0.4, 0.5) is 0 Å². The molecule has 0 radical (unpaired) electrons. The van der Waals surface area contributed by atoms with Gasteiger partial charge >= 0.3 is 0 Å². The third-order valence-corrected chi connectivity index (χ3v) is 4.94. The van der Waals surface area contributed by atoms with E-state index in [9.17, 15) is 0 Å². The van der Waals surface area contributed by atoms with Gasteiger partial charge in [-0.15, -0.1) is 0 Å². The molecule has 2 N–H and O–H groups in total. The van der Waals surface area contributed by atoms with Gasteiger partial charge in [0.1, 0.15) is 0 Å². The standard InChI is InChI=1S/C17H28N2/c1-4-8-14(2)19(3)17(13-18)12-7-10-15-9-5-6-11-16(15)17/h5-6,9,11,14H,4,7-8,10,12-13,18H2,1-3H3. The lowest BCUT2D eigenvalue weighted by atomic mass is 9.75. The van der Waals surface area contributed by atoms with Crippen molar-refractivity contribution < 1.29 is 0 Å². The molecule has 0 bridgehead atoms. The van der Waals surface area contributed by atoms with Crippen LogP contribution in [-0.4, -0.2) is 24.5 Å². The number of fused-ring (bicyclic) bond motifs is 1. The number of rotatable bonds is 5. The van der Waals surface area contributed by atoms with Crippen molar-refractivity contribution in [1.82, 2.24) is 4.90 Å². The zero-order valence-electron chi connectivity index (χ0n) is 12.7. The molecule has 2 atom stereocenters. The molecule has 1 aromatic rings. The molecule has 2 rings (SSSR count). The van der Waals surface area contributed by atoms with E-state index in [4.69, 9.17) is 5.73 Å². The zero-order chi connectivity index (χ0) is 13.9. The number of nitrogens with two attached hydrogens (primary N) is 1. The minimum absolute atomic E-state index is 0.0451. The maximum atomic E-state index is 6.25. The van der Waals surface area contributed by atoms with Crippen molar-refractivity contribution in [2.45, 2.75) is 57.5 Å². The minimum Gasteiger partial charge on any atom is -0.328 e. The first kappa shape index (κ1) is 14.5. The number of hydrogen-bond acceptors (Lipinski definition) is 2. The molecule has 0 amide bonds. The summed E-state index contributed by atoms with van der Waals surface area (Å²) in [6.45, 7) is 5.31. The summed E-state index contributed by atoms with van der Waals surface area (Å²) in [7, 11) is 2.26. The molecule has 19 heavy (non-hydrogen) atoms. The van der Waals surface area contributed by atoms with Crippen LogP contribution < -0.4 is 5.73 Å². The maximum absolute atomic E-state index is 6.25. The smallest absolute Gasteiger partial charge is 0.0586 e. The molecule has 0 aliphatic heterocycles. The monoisotopic (exact) mass is 260 g/mol. The van der Waals surface area contributed by atoms with Crippen molar-refractivity contribution in [2.24, 2.45) is 5.73 Å². The van der Waals surface area contributed by atoms with E-state index in [-0.39, 0.29) is 5.54 Å². The van der Waals surface area contributed by atoms with Crippen molar-refractivity contribution in [3.05, 3.63) is 35.4 Å². The molecule has 1 aliphatic rings. The van der Waals surface area contributed by atoms with E-state index >= 15 is 0 Å². The van der Waals surface area contributed by atoms with Gasteiger partial charge in [0.2, 0.25) is 0 Å². The number of hydrogen-bond donors (Lipinski definition) is 1. The summed E-state index contributed by atoms with van der Waals surface area (Å²) < 4.78 is 0. The second-order valence-electron chi connectivity index (χ2n) is 6.00. The number of aryl methyl sites for hydroxylation is 1. The highest BCUT2D eigenvalue weighted by Crippen LogP contribution is 2.40. The second kappa shape index (κ2) is 6.06. The lowest BCUT2D eigenvalue weighted by molar-refractivity contribution is 0.0614. The Bertz CT molecular complexity index is 415. The fourth-order valence-electron chi connectivity index (χ4n) is 3.65. The molecule has 0 spiro atoms. The van der Waals surface area contributed by atoms with E-state index in [1.807, 2.05) is 0 Å². The molecule has 0 fully saturated rings. The lowest BCUT2D eigenvalue weighted by Crippen LogP contribution is -2.54.